The van der Waals surface area contributed by atoms with Crippen molar-refractivity contribution in [1.82, 2.24) is 19.6 Å². The summed E-state index contributed by atoms with van der Waals surface area (Å²) in [4.78, 5) is 12.2. The number of hydrogen-bond donors (Lipinski definition) is 1. The summed E-state index contributed by atoms with van der Waals surface area (Å²) in [7, 11) is 1.90. The van der Waals surface area contributed by atoms with Crippen LogP contribution in [0.3, 0.4) is 0 Å². The largest absolute Gasteiger partial charge is 0.326 e. The molecule has 0 unspecified atom stereocenters. The van der Waals surface area contributed by atoms with Gasteiger partial charge in [-0.05, 0) is 62.7 Å². The number of nitriles is 1. The molecule has 176 valence electrons. The van der Waals surface area contributed by atoms with E-state index in [1.807, 2.05) is 61.2 Å². The van der Waals surface area contributed by atoms with Gasteiger partial charge in [0, 0.05) is 30.0 Å². The van der Waals surface area contributed by atoms with Crippen LogP contribution in [0.2, 0.25) is 0 Å². The van der Waals surface area contributed by atoms with Gasteiger partial charge < -0.3 is 5.73 Å². The Kier molecular flexibility index (Phi) is 7.64. The van der Waals surface area contributed by atoms with E-state index in [-0.39, 0.29) is 11.3 Å². The maximum absolute atomic E-state index is 12.2. The Morgan fingerprint density at radius 2 is 1.82 bits per heavy atom. The Morgan fingerprint density at radius 1 is 1.12 bits per heavy atom. The highest BCUT2D eigenvalue weighted by Gasteiger charge is 2.16. The van der Waals surface area contributed by atoms with Crippen LogP contribution in [0.15, 0.2) is 54.7 Å². The van der Waals surface area contributed by atoms with E-state index >= 15 is 0 Å². The predicted molar refractivity (Wildman–Crippen MR) is 136 cm³/mol. The van der Waals surface area contributed by atoms with Crippen LogP contribution in [0, 0.1) is 11.3 Å². The first-order chi connectivity index (χ1) is 16.2. The second kappa shape index (κ2) is 10.4. The van der Waals surface area contributed by atoms with Gasteiger partial charge in [-0.2, -0.15) is 15.5 Å². The van der Waals surface area contributed by atoms with Gasteiger partial charge in [0.15, 0.2) is 5.78 Å². The summed E-state index contributed by atoms with van der Waals surface area (Å²) < 4.78 is 3.57. The van der Waals surface area contributed by atoms with Gasteiger partial charge in [0.05, 0.1) is 34.7 Å². The van der Waals surface area contributed by atoms with E-state index in [1.54, 1.807) is 16.8 Å². The first kappa shape index (κ1) is 24.9. The van der Waals surface area contributed by atoms with E-state index in [9.17, 15) is 4.79 Å². The molecule has 0 bridgehead atoms. The van der Waals surface area contributed by atoms with E-state index in [4.69, 9.17) is 11.0 Å². The molecule has 0 saturated carbocycles. The number of carbonyl (C=O) groups excluding carboxylic acids is 1. The molecule has 7 heteroatoms. The van der Waals surface area contributed by atoms with E-state index < -0.39 is 0 Å². The fraction of sp³-hybridized carbons (Fsp3) is 0.333. The Hall–Kier alpha value is -3.76. The van der Waals surface area contributed by atoms with Crippen LogP contribution in [0.25, 0.3) is 27.8 Å². The maximum Gasteiger partial charge on any atom is 0.182 e. The molecular formula is C27H32N6O. The molecule has 0 aliphatic heterocycles. The number of nitrogens with two attached hydrogens (primary N) is 1. The molecule has 4 aromatic rings. The van der Waals surface area contributed by atoms with Crippen LogP contribution in [-0.2, 0) is 7.05 Å². The summed E-state index contributed by atoms with van der Waals surface area (Å²) in [5.74, 6) is -0.00824. The van der Waals surface area contributed by atoms with Gasteiger partial charge in [0.2, 0.25) is 0 Å². The summed E-state index contributed by atoms with van der Waals surface area (Å²) in [6.07, 6.45) is 4.52. The molecule has 0 aliphatic carbocycles. The second-order valence-corrected chi connectivity index (χ2v) is 9.04. The molecule has 4 rings (SSSR count). The lowest BCUT2D eigenvalue weighted by molar-refractivity contribution is 0.0983. The summed E-state index contributed by atoms with van der Waals surface area (Å²) in [5.41, 5.74) is 10.3. The smallest absolute Gasteiger partial charge is 0.182 e. The molecule has 7 nitrogen and oxygen atoms in total. The Bertz CT molecular complexity index is 1320. The zero-order valence-corrected chi connectivity index (χ0v) is 20.5. The monoisotopic (exact) mass is 456 g/mol. The van der Waals surface area contributed by atoms with Crippen LogP contribution in [0.4, 0.5) is 0 Å². The number of rotatable bonds is 6. The zero-order valence-electron chi connectivity index (χ0n) is 20.5. The molecule has 0 saturated heterocycles. The highest BCUT2D eigenvalue weighted by molar-refractivity contribution is 5.95. The first-order valence-electron chi connectivity index (χ1n) is 11.5. The molecular weight excluding hydrogens is 424 g/mol. The van der Waals surface area contributed by atoms with Crippen molar-refractivity contribution in [2.24, 2.45) is 12.8 Å². The minimum Gasteiger partial charge on any atom is -0.326 e. The SMILES string of the molecule is CCC(=O)c1cc(-c2ccc3c(cnn3C)c2)n(-c2ccc(C#N)cc2)n1.CCCC(C)(C)N. The zero-order chi connectivity index (χ0) is 24.9. The fourth-order valence-corrected chi connectivity index (χ4v) is 3.75. The highest BCUT2D eigenvalue weighted by Crippen LogP contribution is 2.28. The van der Waals surface area contributed by atoms with Crippen molar-refractivity contribution in [3.63, 3.8) is 0 Å². The molecule has 34 heavy (non-hydrogen) atoms. The number of fused-ring (bicyclic) bond motifs is 1. The Balaban J connectivity index is 0.000000406. The Labute approximate surface area is 200 Å². The van der Waals surface area contributed by atoms with Crippen molar-refractivity contribution in [2.45, 2.75) is 52.5 Å². The van der Waals surface area contributed by atoms with Crippen LogP contribution in [-0.4, -0.2) is 30.9 Å². The predicted octanol–water partition coefficient (Wildman–Crippen LogP) is 5.41. The molecule has 0 amide bonds. The summed E-state index contributed by atoms with van der Waals surface area (Å²) >= 11 is 0. The summed E-state index contributed by atoms with van der Waals surface area (Å²) in [6, 6.07) is 17.1. The van der Waals surface area contributed by atoms with Gasteiger partial charge in [-0.1, -0.05) is 26.3 Å². The van der Waals surface area contributed by atoms with Gasteiger partial charge >= 0.3 is 0 Å². The molecule has 2 N–H and O–H groups in total. The van der Waals surface area contributed by atoms with E-state index in [0.717, 1.165) is 34.3 Å². The number of aryl methyl sites for hydroxylation is 1. The topological polar surface area (TPSA) is 103 Å². The third-order valence-electron chi connectivity index (χ3n) is 5.49. The number of hydrogen-bond acceptors (Lipinski definition) is 5. The molecule has 0 aliphatic rings. The minimum absolute atomic E-state index is 0.00824. The van der Waals surface area contributed by atoms with Crippen molar-refractivity contribution in [3.8, 4) is 23.0 Å². The van der Waals surface area contributed by atoms with Crippen molar-refractivity contribution in [3.05, 3.63) is 66.0 Å². The number of benzene rings is 2. The first-order valence-corrected chi connectivity index (χ1v) is 11.5. The number of Topliss-reactive ketones (excluding diaryl/α,β-unsaturated/α-hetero) is 1. The molecule has 2 aromatic carbocycles. The standard InChI is InChI=1S/C21H17N5O.C6H15N/c1-3-21(27)18-11-20(15-6-9-19-16(10-15)13-23-25(19)2)26(24-18)17-7-4-14(12-22)5-8-17;1-4-5-6(2,3)7/h4-11,13H,3H2,1-2H3;4-5,7H2,1-3H3. The van der Waals surface area contributed by atoms with Crippen molar-refractivity contribution >= 4 is 16.7 Å². The maximum atomic E-state index is 12.2. The summed E-state index contributed by atoms with van der Waals surface area (Å²) in [6.45, 7) is 8.08. The quantitative estimate of drug-likeness (QED) is 0.391. The van der Waals surface area contributed by atoms with Gasteiger partial charge in [-0.15, -0.1) is 0 Å². The lowest BCUT2D eigenvalue weighted by Gasteiger charge is -2.15. The van der Waals surface area contributed by atoms with Crippen LogP contribution in [0.5, 0.6) is 0 Å². The number of carbonyl (C=O) groups is 1. The Morgan fingerprint density at radius 3 is 2.38 bits per heavy atom. The number of ketones is 1. The van der Waals surface area contributed by atoms with E-state index in [1.165, 1.54) is 6.42 Å². The fourth-order valence-electron chi connectivity index (χ4n) is 3.75. The average Bonchev–Trinajstić information content (AvgIpc) is 3.42. The van der Waals surface area contributed by atoms with E-state index in [2.05, 4.69) is 37.0 Å². The van der Waals surface area contributed by atoms with Crippen molar-refractivity contribution < 1.29 is 4.79 Å². The highest BCUT2D eigenvalue weighted by atomic mass is 16.1. The van der Waals surface area contributed by atoms with Crippen LogP contribution in [0.1, 0.15) is 63.0 Å². The van der Waals surface area contributed by atoms with Gasteiger partial charge in [-0.3, -0.25) is 9.48 Å². The molecule has 0 spiro atoms. The van der Waals surface area contributed by atoms with Crippen LogP contribution >= 0.6 is 0 Å². The van der Waals surface area contributed by atoms with Crippen molar-refractivity contribution in [1.29, 1.82) is 5.26 Å². The lowest BCUT2D eigenvalue weighted by atomic mass is 10.0. The molecule has 0 fully saturated rings. The normalized spacial score (nSPS) is 11.1. The molecule has 2 aromatic heterocycles. The molecule has 2 heterocycles. The van der Waals surface area contributed by atoms with E-state index in [0.29, 0.717) is 17.7 Å². The van der Waals surface area contributed by atoms with Gasteiger partial charge in [0.25, 0.3) is 0 Å². The summed E-state index contributed by atoms with van der Waals surface area (Å²) in [5, 5.41) is 18.9. The number of aromatic nitrogens is 4. The van der Waals surface area contributed by atoms with Crippen LogP contribution < -0.4 is 5.73 Å². The van der Waals surface area contributed by atoms with Gasteiger partial charge in [0.1, 0.15) is 5.69 Å². The van der Waals surface area contributed by atoms with Crippen molar-refractivity contribution in [2.75, 3.05) is 0 Å². The average molecular weight is 457 g/mol. The minimum atomic E-state index is -0.00824. The van der Waals surface area contributed by atoms with Gasteiger partial charge in [-0.25, -0.2) is 4.68 Å². The molecule has 0 radical (unpaired) electrons. The second-order valence-electron chi connectivity index (χ2n) is 9.04. The third kappa shape index (κ3) is 5.77. The third-order valence-corrected chi connectivity index (χ3v) is 5.49. The molecule has 0 atom stereocenters. The lowest BCUT2D eigenvalue weighted by Crippen LogP contribution is -2.31. The number of nitrogens with zero attached hydrogens (tertiary/aromatic N) is 5.